The van der Waals surface area contributed by atoms with E-state index in [0.717, 1.165) is 48.7 Å². The zero-order chi connectivity index (χ0) is 53.4. The molecule has 0 fully saturated rings. The Morgan fingerprint density at radius 3 is 1.51 bits per heavy atom. The Kier molecular flexibility index (Phi) is 15.9. The fraction of sp³-hybridized carbons (Fsp3) is 0.0714. The average molecular weight is 1080 g/mol. The third-order valence-electron chi connectivity index (χ3n) is 11.5. The molecular formula is C56H46N4O13P2S. The molecule has 20 heteroatoms. The number of nitrogens with zero attached hydrogens (tertiary/aromatic N) is 2. The highest BCUT2D eigenvalue weighted by Gasteiger charge is 2.25. The summed E-state index contributed by atoms with van der Waals surface area (Å²) in [6.45, 7) is 0. The number of ether oxygens (including phenoxy) is 2. The lowest BCUT2D eigenvalue weighted by Crippen LogP contribution is -2.14. The second-order valence-corrected chi connectivity index (χ2v) is 20.2. The van der Waals surface area contributed by atoms with E-state index in [2.05, 4.69) is 24.7 Å². The van der Waals surface area contributed by atoms with Gasteiger partial charge in [0.05, 0.1) is 14.2 Å². The second-order valence-electron chi connectivity index (χ2n) is 16.8. The van der Waals surface area contributed by atoms with Gasteiger partial charge < -0.3 is 33.6 Å². The largest absolute Gasteiger partial charge is 0.524 e. The Morgan fingerprint density at radius 2 is 0.987 bits per heavy atom. The molecule has 0 spiro atoms. The first kappa shape index (κ1) is 52.4. The van der Waals surface area contributed by atoms with Gasteiger partial charge in [-0.05, 0) is 87.3 Å². The lowest BCUT2D eigenvalue weighted by atomic mass is 10.0. The minimum absolute atomic E-state index is 0.0205. The predicted octanol–water partition coefficient (Wildman–Crippen LogP) is 12.1. The van der Waals surface area contributed by atoms with Crippen molar-refractivity contribution in [3.05, 3.63) is 215 Å². The quantitative estimate of drug-likeness (QED) is 0.0492. The van der Waals surface area contributed by atoms with Crippen molar-refractivity contribution in [2.45, 2.75) is 12.8 Å². The van der Waals surface area contributed by atoms with E-state index in [0.29, 0.717) is 51.6 Å². The van der Waals surface area contributed by atoms with Crippen molar-refractivity contribution in [3.63, 3.8) is 0 Å². The number of aromatic nitrogens is 2. The molecule has 10 aromatic rings. The highest BCUT2D eigenvalue weighted by Crippen LogP contribution is 2.40. The van der Waals surface area contributed by atoms with Crippen molar-refractivity contribution >= 4 is 71.7 Å². The molecule has 0 aliphatic carbocycles. The van der Waals surface area contributed by atoms with Crippen LogP contribution >= 0.6 is 27.0 Å². The fourth-order valence-corrected chi connectivity index (χ4v) is 10.0. The summed E-state index contributed by atoms with van der Waals surface area (Å²) in [7, 11) is -6.21. The van der Waals surface area contributed by atoms with Gasteiger partial charge in [-0.2, -0.15) is 0 Å². The topological polar surface area (TPSA) is 249 Å². The van der Waals surface area contributed by atoms with E-state index in [1.807, 2.05) is 84.9 Å². The van der Waals surface area contributed by atoms with Crippen molar-refractivity contribution in [3.8, 4) is 45.0 Å². The summed E-state index contributed by atoms with van der Waals surface area (Å²) in [6, 6.07) is 54.2. The molecule has 76 heavy (non-hydrogen) atoms. The zero-order valence-electron chi connectivity index (χ0n) is 40.4. The van der Waals surface area contributed by atoms with Crippen LogP contribution in [0.25, 0.3) is 43.6 Å². The number of nitrogens with one attached hydrogen (secondary N) is 2. The van der Waals surface area contributed by atoms with Crippen LogP contribution in [-0.2, 0) is 22.0 Å². The monoisotopic (exact) mass is 1080 g/mol. The van der Waals surface area contributed by atoms with E-state index in [1.165, 1.54) is 35.6 Å². The number of hydrogen-bond acceptors (Lipinski definition) is 12. The van der Waals surface area contributed by atoms with Crippen LogP contribution in [-0.4, -0.2) is 55.6 Å². The Morgan fingerprint density at radius 1 is 0.526 bits per heavy atom. The number of phosphoric acid groups is 2. The third-order valence-corrected chi connectivity index (χ3v) is 13.5. The third kappa shape index (κ3) is 13.3. The van der Waals surface area contributed by atoms with E-state index in [1.54, 1.807) is 87.0 Å². The molecule has 10 rings (SSSR count). The van der Waals surface area contributed by atoms with Gasteiger partial charge in [0.1, 0.15) is 39.5 Å². The number of fused-ring (bicyclic) bond motifs is 2. The Labute approximate surface area is 438 Å². The van der Waals surface area contributed by atoms with E-state index in [4.69, 9.17) is 38.4 Å². The molecular weight excluding hydrogens is 1030 g/mol. The number of rotatable bonds is 16. The molecule has 384 valence electrons. The van der Waals surface area contributed by atoms with Crippen molar-refractivity contribution in [2.75, 3.05) is 24.9 Å². The molecule has 0 aliphatic heterocycles. The number of phosphoric ester groups is 2. The highest BCUT2D eigenvalue weighted by molar-refractivity contribution is 7.47. The molecule has 0 bridgehead atoms. The van der Waals surface area contributed by atoms with Crippen molar-refractivity contribution in [1.82, 2.24) is 9.97 Å². The molecule has 0 unspecified atom stereocenters. The number of hydrogen-bond donors (Lipinski definition) is 6. The molecule has 0 saturated heterocycles. The van der Waals surface area contributed by atoms with Crippen LogP contribution in [0.15, 0.2) is 186 Å². The Bertz CT molecular complexity index is 3560. The normalized spacial score (nSPS) is 11.3. The summed E-state index contributed by atoms with van der Waals surface area (Å²) in [5.41, 5.74) is 4.76. The number of oxazole rings is 1. The van der Waals surface area contributed by atoms with E-state index < -0.39 is 21.6 Å². The van der Waals surface area contributed by atoms with E-state index in [9.17, 15) is 18.7 Å². The number of carbonyl (C=O) groups is 2. The molecule has 0 saturated carbocycles. The summed E-state index contributed by atoms with van der Waals surface area (Å²) in [4.78, 5) is 73.1. The van der Waals surface area contributed by atoms with Crippen LogP contribution in [0.3, 0.4) is 0 Å². The fourth-order valence-electron chi connectivity index (χ4n) is 8.12. The predicted molar refractivity (Wildman–Crippen MR) is 290 cm³/mol. The second kappa shape index (κ2) is 23.0. The van der Waals surface area contributed by atoms with Crippen LogP contribution in [0.5, 0.6) is 23.0 Å². The average Bonchev–Trinajstić information content (AvgIpc) is 4.05. The molecule has 2 aromatic heterocycles. The van der Waals surface area contributed by atoms with Gasteiger partial charge in [0.15, 0.2) is 5.69 Å². The number of amides is 2. The summed E-state index contributed by atoms with van der Waals surface area (Å²) < 4.78 is 48.2. The smallest absolute Gasteiger partial charge is 0.497 e. The summed E-state index contributed by atoms with van der Waals surface area (Å²) in [5, 5.41) is 10.5. The Hall–Kier alpha value is -8.44. The molecule has 8 aromatic carbocycles. The van der Waals surface area contributed by atoms with E-state index >= 15 is 0 Å². The molecule has 6 N–H and O–H groups in total. The maximum atomic E-state index is 13.4. The molecule has 2 heterocycles. The molecule has 2 amide bonds. The first-order valence-electron chi connectivity index (χ1n) is 23.1. The molecule has 0 atom stereocenters. The molecule has 0 aliphatic rings. The maximum Gasteiger partial charge on any atom is 0.524 e. The van der Waals surface area contributed by atoms with Gasteiger partial charge in [-0.3, -0.25) is 29.2 Å². The lowest BCUT2D eigenvalue weighted by Gasteiger charge is -2.08. The van der Waals surface area contributed by atoms with Crippen LogP contribution in [0.2, 0.25) is 0 Å². The number of benzene rings is 8. The van der Waals surface area contributed by atoms with Gasteiger partial charge in [-0.25, -0.2) is 19.1 Å². The van der Waals surface area contributed by atoms with Gasteiger partial charge in [0, 0.05) is 52.4 Å². The number of anilines is 2. The van der Waals surface area contributed by atoms with Crippen molar-refractivity contribution < 1.29 is 61.2 Å². The van der Waals surface area contributed by atoms with Crippen LogP contribution in [0, 0.1) is 0 Å². The summed E-state index contributed by atoms with van der Waals surface area (Å²) >= 11 is 1.43. The minimum Gasteiger partial charge on any atom is -0.497 e. The van der Waals surface area contributed by atoms with Gasteiger partial charge in [-0.1, -0.05) is 115 Å². The molecule has 17 nitrogen and oxygen atoms in total. The zero-order valence-corrected chi connectivity index (χ0v) is 43.0. The number of thiazole rings is 1. The van der Waals surface area contributed by atoms with Gasteiger partial charge in [-0.15, -0.1) is 11.3 Å². The van der Waals surface area contributed by atoms with Gasteiger partial charge in [0.25, 0.3) is 11.8 Å². The molecule has 0 radical (unpaired) electrons. The first-order chi connectivity index (χ1) is 36.6. The Balaban J connectivity index is 0.000000186. The van der Waals surface area contributed by atoms with Crippen LogP contribution in [0.4, 0.5) is 11.4 Å². The number of carbonyl (C=O) groups excluding carboxylic acids is 2. The highest BCUT2D eigenvalue weighted by atomic mass is 32.1. The summed E-state index contributed by atoms with van der Waals surface area (Å²) in [5.74, 6) is 1.12. The van der Waals surface area contributed by atoms with Crippen molar-refractivity contribution in [2.24, 2.45) is 0 Å². The van der Waals surface area contributed by atoms with Gasteiger partial charge >= 0.3 is 15.6 Å². The standard InChI is InChI=1S/C28H23N2O7P.C28H23N2O6PS/c1-35-22-9-5-8-20(17-22)29-27(31)26-25(16-18-12-14-21(15-13-18)37-38(32,33)34)36-28(30-26)24-11-4-7-19-6-2-3-10-23(19)24;1-35-22-9-5-8-20(17-22)29-27(31)26-25(16-18-12-14-21(15-13-18)36-37(32,33)34)38-28(30-26)24-11-4-7-19-6-2-3-10-23(19)24/h2*2-15,17H,16H2,1H3,(H,29,31)(H2,32,33,34). The lowest BCUT2D eigenvalue weighted by molar-refractivity contribution is 0.101. The number of methoxy groups -OCH3 is 2. The minimum atomic E-state index is -4.67. The van der Waals surface area contributed by atoms with Crippen molar-refractivity contribution in [1.29, 1.82) is 0 Å². The SMILES string of the molecule is COc1cccc(NC(=O)c2nc(-c3cccc4ccccc34)oc2Cc2ccc(OP(=O)(O)O)cc2)c1.COc1cccc(NC(=O)c2nc(-c3cccc4ccccc34)sc2Cc2ccc(OP(=O)(O)O)cc2)c1. The van der Waals surface area contributed by atoms with Crippen LogP contribution < -0.4 is 29.2 Å². The van der Waals surface area contributed by atoms with Crippen LogP contribution in [0.1, 0.15) is 42.7 Å². The first-order valence-corrected chi connectivity index (χ1v) is 27.0. The van der Waals surface area contributed by atoms with Gasteiger partial charge in [0.2, 0.25) is 5.89 Å². The maximum absolute atomic E-state index is 13.4. The summed E-state index contributed by atoms with van der Waals surface area (Å²) in [6.07, 6.45) is 0.592. The van der Waals surface area contributed by atoms with E-state index in [-0.39, 0.29) is 29.5 Å².